The lowest BCUT2D eigenvalue weighted by molar-refractivity contribution is -0.152. The number of nitrogens with one attached hydrogen (secondary N) is 1. The molecule has 0 heterocycles. The average molecular weight is 282 g/mol. The minimum atomic E-state index is -1.44. The Kier molecular flexibility index (Phi) is 7.08. The second-order valence-electron chi connectivity index (χ2n) is 3.94. The summed E-state index contributed by atoms with van der Waals surface area (Å²) in [5, 5.41) is 11.0. The van der Waals surface area contributed by atoms with Crippen molar-refractivity contribution in [2.45, 2.75) is 19.3 Å². The van der Waals surface area contributed by atoms with Crippen LogP contribution in [0.25, 0.3) is 0 Å². The van der Waals surface area contributed by atoms with E-state index in [0.29, 0.717) is 13.0 Å². The number of carbonyl (C=O) groups excluding carboxylic acids is 1. The van der Waals surface area contributed by atoms with E-state index in [0.717, 1.165) is 5.56 Å². The van der Waals surface area contributed by atoms with E-state index >= 15 is 0 Å². The highest BCUT2D eigenvalue weighted by atomic mass is 16.6. The molecule has 0 spiro atoms. The van der Waals surface area contributed by atoms with Crippen molar-refractivity contribution in [3.05, 3.63) is 35.9 Å². The van der Waals surface area contributed by atoms with E-state index < -0.39 is 18.3 Å². The van der Waals surface area contributed by atoms with Crippen LogP contribution >= 0.6 is 0 Å². The van der Waals surface area contributed by atoms with Crippen molar-refractivity contribution >= 4 is 12.1 Å². The van der Waals surface area contributed by atoms with Crippen LogP contribution in [0.1, 0.15) is 12.0 Å². The molecule has 0 aromatic heterocycles. The van der Waals surface area contributed by atoms with Crippen LogP contribution in [-0.4, -0.2) is 36.5 Å². The van der Waals surface area contributed by atoms with Crippen molar-refractivity contribution in [2.75, 3.05) is 13.2 Å². The summed E-state index contributed by atoms with van der Waals surface area (Å²) < 4.78 is 9.87. The zero-order chi connectivity index (χ0) is 14.8. The number of rotatable bonds is 8. The fraction of sp³-hybridized carbons (Fsp3) is 0.385. The third-order valence-corrected chi connectivity index (χ3v) is 2.32. The van der Waals surface area contributed by atoms with Crippen LogP contribution in [0.3, 0.4) is 0 Å². The number of carboxylic acid groups (broad SMARTS) is 1. The van der Waals surface area contributed by atoms with Crippen molar-refractivity contribution in [1.29, 1.82) is 0 Å². The van der Waals surface area contributed by atoms with Gasteiger partial charge in [-0.15, -0.1) is 0 Å². The Morgan fingerprint density at radius 3 is 2.60 bits per heavy atom. The van der Waals surface area contributed by atoms with E-state index in [1.54, 1.807) is 12.1 Å². The molecule has 1 atom stereocenters. The number of nitrogens with two attached hydrogens (primary N) is 1. The molecule has 0 aliphatic carbocycles. The first kappa shape index (κ1) is 15.9. The van der Waals surface area contributed by atoms with Gasteiger partial charge in [-0.05, 0) is 18.5 Å². The van der Waals surface area contributed by atoms with Crippen LogP contribution in [0.15, 0.2) is 30.3 Å². The molecule has 1 amide bonds. The van der Waals surface area contributed by atoms with Crippen molar-refractivity contribution in [1.82, 2.24) is 5.32 Å². The van der Waals surface area contributed by atoms with Crippen LogP contribution in [-0.2, 0) is 20.9 Å². The number of alkyl carbamates (subject to hydrolysis) is 1. The molecule has 1 aromatic carbocycles. The molecule has 0 unspecified atom stereocenters. The first-order valence-electron chi connectivity index (χ1n) is 6.15. The lowest BCUT2D eigenvalue weighted by Gasteiger charge is -2.15. The zero-order valence-corrected chi connectivity index (χ0v) is 11.0. The minimum absolute atomic E-state index is 0.0574. The largest absolute Gasteiger partial charge is 0.478 e. The molecular formula is C13H18N2O5. The molecule has 0 saturated heterocycles. The van der Waals surface area contributed by atoms with E-state index in [-0.39, 0.29) is 13.2 Å². The Balaban J connectivity index is 2.36. The highest BCUT2D eigenvalue weighted by Crippen LogP contribution is 2.01. The first-order valence-corrected chi connectivity index (χ1v) is 6.15. The molecule has 0 radical (unpaired) electrons. The second-order valence-corrected chi connectivity index (χ2v) is 3.94. The van der Waals surface area contributed by atoms with Gasteiger partial charge in [-0.2, -0.15) is 0 Å². The highest BCUT2D eigenvalue weighted by Gasteiger charge is 2.21. The smallest absolute Gasteiger partial charge is 0.409 e. The maximum absolute atomic E-state index is 11.5. The Morgan fingerprint density at radius 1 is 1.30 bits per heavy atom. The molecule has 110 valence electrons. The van der Waals surface area contributed by atoms with Gasteiger partial charge in [0.2, 0.25) is 6.23 Å². The maximum Gasteiger partial charge on any atom is 0.409 e. The molecule has 1 aromatic rings. The van der Waals surface area contributed by atoms with Gasteiger partial charge >= 0.3 is 12.1 Å². The SMILES string of the molecule is NCCCO[C@H](NC(=O)OCc1ccccc1)C(=O)O. The number of ether oxygens (including phenoxy) is 2. The highest BCUT2D eigenvalue weighted by molar-refractivity contribution is 5.78. The van der Waals surface area contributed by atoms with Crippen molar-refractivity contribution < 1.29 is 24.2 Å². The van der Waals surface area contributed by atoms with E-state index in [4.69, 9.17) is 20.3 Å². The van der Waals surface area contributed by atoms with Gasteiger partial charge < -0.3 is 20.3 Å². The summed E-state index contributed by atoms with van der Waals surface area (Å²) in [6.07, 6.45) is -1.79. The Hall–Kier alpha value is -2.12. The van der Waals surface area contributed by atoms with Crippen molar-refractivity contribution in [2.24, 2.45) is 5.73 Å². The fourth-order valence-electron chi connectivity index (χ4n) is 1.33. The topological polar surface area (TPSA) is 111 Å². The molecular weight excluding hydrogens is 264 g/mol. The molecule has 7 heteroatoms. The number of hydrogen-bond acceptors (Lipinski definition) is 5. The summed E-state index contributed by atoms with van der Waals surface area (Å²) in [4.78, 5) is 22.3. The average Bonchev–Trinajstić information content (AvgIpc) is 2.45. The van der Waals surface area contributed by atoms with Gasteiger partial charge in [0.1, 0.15) is 6.61 Å². The minimum Gasteiger partial charge on any atom is -0.478 e. The van der Waals surface area contributed by atoms with Crippen molar-refractivity contribution in [3.63, 3.8) is 0 Å². The normalized spacial score (nSPS) is 11.7. The number of carbonyl (C=O) groups is 2. The monoisotopic (exact) mass is 282 g/mol. The van der Waals surface area contributed by atoms with Crippen molar-refractivity contribution in [3.8, 4) is 0 Å². The van der Waals surface area contributed by atoms with Crippen LogP contribution in [0.2, 0.25) is 0 Å². The third-order valence-electron chi connectivity index (χ3n) is 2.32. The molecule has 0 aliphatic rings. The van der Waals surface area contributed by atoms with Gasteiger partial charge in [0.05, 0.1) is 6.61 Å². The summed E-state index contributed by atoms with van der Waals surface area (Å²) in [5.41, 5.74) is 6.07. The van der Waals surface area contributed by atoms with Crippen LogP contribution in [0, 0.1) is 0 Å². The molecule has 1 rings (SSSR count). The predicted molar refractivity (Wildman–Crippen MR) is 70.8 cm³/mol. The second kappa shape index (κ2) is 8.89. The van der Waals surface area contributed by atoms with E-state index in [9.17, 15) is 9.59 Å². The molecule has 0 aliphatic heterocycles. The Labute approximate surface area is 116 Å². The first-order chi connectivity index (χ1) is 9.63. The molecule has 20 heavy (non-hydrogen) atoms. The summed E-state index contributed by atoms with van der Waals surface area (Å²) in [6.45, 7) is 0.582. The standard InChI is InChI=1S/C13H18N2O5/c14-7-4-8-19-11(12(16)17)15-13(18)20-9-10-5-2-1-3-6-10/h1-3,5-6,11H,4,7-9,14H2,(H,15,18)(H,16,17)/t11-/m0/s1. The summed E-state index contributed by atoms with van der Waals surface area (Å²) in [6, 6.07) is 9.05. The Morgan fingerprint density at radius 2 is 2.00 bits per heavy atom. The third kappa shape index (κ3) is 6.17. The van der Waals surface area contributed by atoms with Gasteiger partial charge in [-0.1, -0.05) is 30.3 Å². The molecule has 0 bridgehead atoms. The quantitative estimate of drug-likeness (QED) is 0.478. The lowest BCUT2D eigenvalue weighted by Crippen LogP contribution is -2.43. The molecule has 0 saturated carbocycles. The number of hydrogen-bond donors (Lipinski definition) is 3. The Bertz CT molecular complexity index is 424. The van der Waals surface area contributed by atoms with Gasteiger partial charge in [0.15, 0.2) is 0 Å². The number of carboxylic acids is 1. The van der Waals surface area contributed by atoms with E-state index in [1.165, 1.54) is 0 Å². The molecule has 4 N–H and O–H groups in total. The maximum atomic E-state index is 11.5. The van der Waals surface area contributed by atoms with Gasteiger partial charge in [0.25, 0.3) is 0 Å². The molecule has 7 nitrogen and oxygen atoms in total. The summed E-state index contributed by atoms with van der Waals surface area (Å²) in [5.74, 6) is -1.29. The number of amides is 1. The predicted octanol–water partition coefficient (Wildman–Crippen LogP) is 0.689. The number of benzene rings is 1. The van der Waals surface area contributed by atoms with Crippen LogP contribution in [0.5, 0.6) is 0 Å². The lowest BCUT2D eigenvalue weighted by atomic mass is 10.2. The number of aliphatic carboxylic acids is 1. The van der Waals surface area contributed by atoms with E-state index in [2.05, 4.69) is 5.32 Å². The van der Waals surface area contributed by atoms with Crippen LogP contribution in [0.4, 0.5) is 4.79 Å². The summed E-state index contributed by atoms with van der Waals surface area (Å²) >= 11 is 0. The molecule has 0 fully saturated rings. The zero-order valence-electron chi connectivity index (χ0n) is 11.0. The van der Waals surface area contributed by atoms with Crippen LogP contribution < -0.4 is 11.1 Å². The fourth-order valence-corrected chi connectivity index (χ4v) is 1.33. The van der Waals surface area contributed by atoms with Gasteiger partial charge in [0, 0.05) is 0 Å². The van der Waals surface area contributed by atoms with E-state index in [1.807, 2.05) is 18.2 Å². The van der Waals surface area contributed by atoms with Gasteiger partial charge in [-0.25, -0.2) is 9.59 Å². The summed E-state index contributed by atoms with van der Waals surface area (Å²) in [7, 11) is 0. The van der Waals surface area contributed by atoms with Gasteiger partial charge in [-0.3, -0.25) is 5.32 Å².